The predicted molar refractivity (Wildman–Crippen MR) is 82.1 cm³/mol. The molecule has 2 aromatic rings. The number of fused-ring (bicyclic) bond motifs is 1. The van der Waals surface area contributed by atoms with E-state index in [-0.39, 0.29) is 12.6 Å². The Hall–Kier alpha value is -1.59. The molecule has 110 valence electrons. The van der Waals surface area contributed by atoms with Crippen molar-refractivity contribution < 1.29 is 5.11 Å². The maximum Gasteiger partial charge on any atom is 0.152 e. The Morgan fingerprint density at radius 2 is 2.25 bits per heavy atom. The van der Waals surface area contributed by atoms with Gasteiger partial charge in [-0.25, -0.2) is 4.98 Å². The molecule has 0 bridgehead atoms. The molecule has 5 heteroatoms. The largest absolute Gasteiger partial charge is 0.394 e. The maximum absolute atomic E-state index is 9.35. The Balaban J connectivity index is 2.38. The zero-order valence-electron chi connectivity index (χ0n) is 12.5. The van der Waals surface area contributed by atoms with Gasteiger partial charge < -0.3 is 19.7 Å². The zero-order valence-corrected chi connectivity index (χ0v) is 12.5. The maximum atomic E-state index is 9.35. The van der Waals surface area contributed by atoms with Crippen LogP contribution in [-0.2, 0) is 6.54 Å². The highest BCUT2D eigenvalue weighted by Crippen LogP contribution is 2.22. The lowest BCUT2D eigenvalue weighted by Gasteiger charge is -2.24. The first-order chi connectivity index (χ1) is 9.69. The Morgan fingerprint density at radius 1 is 1.45 bits per heavy atom. The summed E-state index contributed by atoms with van der Waals surface area (Å²) < 4.78 is 2.11. The third-order valence-electron chi connectivity index (χ3n) is 3.59. The third-order valence-corrected chi connectivity index (χ3v) is 3.59. The van der Waals surface area contributed by atoms with Gasteiger partial charge in [-0.2, -0.15) is 0 Å². The van der Waals surface area contributed by atoms with E-state index < -0.39 is 0 Å². The molecule has 20 heavy (non-hydrogen) atoms. The fourth-order valence-electron chi connectivity index (χ4n) is 2.20. The van der Waals surface area contributed by atoms with Gasteiger partial charge in [0.25, 0.3) is 0 Å². The summed E-state index contributed by atoms with van der Waals surface area (Å²) in [4.78, 5) is 6.74. The van der Waals surface area contributed by atoms with Gasteiger partial charge in [-0.3, -0.25) is 0 Å². The number of aliphatic hydroxyl groups is 1. The highest BCUT2D eigenvalue weighted by atomic mass is 16.3. The molecule has 2 aromatic heterocycles. The number of aromatic nitrogens is 2. The van der Waals surface area contributed by atoms with Crippen LogP contribution in [0.15, 0.2) is 24.4 Å². The van der Waals surface area contributed by atoms with E-state index in [4.69, 9.17) is 4.98 Å². The number of imidazole rings is 1. The van der Waals surface area contributed by atoms with E-state index in [1.165, 1.54) is 0 Å². The van der Waals surface area contributed by atoms with Gasteiger partial charge in [0.1, 0.15) is 5.65 Å². The molecule has 2 rings (SSSR count). The van der Waals surface area contributed by atoms with Crippen LogP contribution in [0, 0.1) is 0 Å². The van der Waals surface area contributed by atoms with Crippen LogP contribution in [0.1, 0.15) is 26.0 Å². The summed E-state index contributed by atoms with van der Waals surface area (Å²) in [6, 6.07) is 6.05. The molecule has 0 aliphatic heterocycles. The summed E-state index contributed by atoms with van der Waals surface area (Å²) in [7, 11) is 1.98. The van der Waals surface area contributed by atoms with Gasteiger partial charge in [0.05, 0.1) is 18.3 Å². The van der Waals surface area contributed by atoms with Crippen LogP contribution >= 0.6 is 0 Å². The lowest BCUT2D eigenvalue weighted by atomic mass is 10.3. The first kappa shape index (κ1) is 14.8. The molecule has 1 unspecified atom stereocenters. The monoisotopic (exact) mass is 276 g/mol. The van der Waals surface area contributed by atoms with Crippen LogP contribution in [0.3, 0.4) is 0 Å². The van der Waals surface area contributed by atoms with Crippen LogP contribution < -0.4 is 10.2 Å². The quantitative estimate of drug-likeness (QED) is 0.755. The average Bonchev–Trinajstić information content (AvgIpc) is 2.85. The number of likely N-dealkylation sites (N-methyl/N-ethyl adjacent to an activating group) is 1. The van der Waals surface area contributed by atoms with E-state index >= 15 is 0 Å². The van der Waals surface area contributed by atoms with Crippen molar-refractivity contribution in [3.05, 3.63) is 30.1 Å². The SMILES string of the molecule is CCCNCc1c(N(C)C(C)CO)nc2ccccn12. The number of nitrogens with one attached hydrogen (secondary N) is 1. The number of rotatable bonds is 7. The minimum Gasteiger partial charge on any atom is -0.394 e. The lowest BCUT2D eigenvalue weighted by Crippen LogP contribution is -2.33. The van der Waals surface area contributed by atoms with Gasteiger partial charge in [-0.1, -0.05) is 13.0 Å². The van der Waals surface area contributed by atoms with Crippen molar-refractivity contribution in [1.82, 2.24) is 14.7 Å². The second-order valence-corrected chi connectivity index (χ2v) is 5.13. The standard InChI is InChI=1S/C15H24N4O/c1-4-8-16-10-13-15(18(3)12(2)11-20)17-14-7-5-6-9-19(13)14/h5-7,9,12,16,20H,4,8,10-11H2,1-3H3. The Bertz CT molecular complexity index is 552. The Morgan fingerprint density at radius 3 is 2.95 bits per heavy atom. The van der Waals surface area contributed by atoms with E-state index in [0.29, 0.717) is 0 Å². The molecule has 0 aromatic carbocycles. The number of hydrogen-bond acceptors (Lipinski definition) is 4. The molecule has 1 atom stereocenters. The third kappa shape index (κ3) is 2.94. The zero-order chi connectivity index (χ0) is 14.5. The van der Waals surface area contributed by atoms with Crippen LogP contribution in [0.25, 0.3) is 5.65 Å². The molecule has 5 nitrogen and oxygen atoms in total. The van der Waals surface area contributed by atoms with Crippen LogP contribution in [0.4, 0.5) is 5.82 Å². The number of anilines is 1. The van der Waals surface area contributed by atoms with E-state index in [0.717, 1.165) is 36.7 Å². The molecule has 0 radical (unpaired) electrons. The van der Waals surface area contributed by atoms with E-state index in [1.54, 1.807) is 0 Å². The summed E-state index contributed by atoms with van der Waals surface area (Å²) in [5, 5.41) is 12.8. The van der Waals surface area contributed by atoms with Crippen LogP contribution in [0.2, 0.25) is 0 Å². The molecule has 0 fully saturated rings. The van der Waals surface area contributed by atoms with Crippen molar-refractivity contribution in [3.8, 4) is 0 Å². The first-order valence-electron chi connectivity index (χ1n) is 7.19. The number of hydrogen-bond donors (Lipinski definition) is 2. The Labute approximate surface area is 120 Å². The van der Waals surface area contributed by atoms with Crippen LogP contribution in [-0.4, -0.2) is 40.7 Å². The second kappa shape index (κ2) is 6.72. The molecule has 0 amide bonds. The average molecular weight is 276 g/mol. The molecule has 2 heterocycles. The van der Waals surface area contributed by atoms with Crippen molar-refractivity contribution in [1.29, 1.82) is 0 Å². The highest BCUT2D eigenvalue weighted by molar-refractivity contribution is 5.56. The number of pyridine rings is 1. The number of aliphatic hydroxyl groups excluding tert-OH is 1. The van der Waals surface area contributed by atoms with Crippen molar-refractivity contribution in [3.63, 3.8) is 0 Å². The first-order valence-corrected chi connectivity index (χ1v) is 7.19. The van der Waals surface area contributed by atoms with Crippen molar-refractivity contribution in [2.75, 3.05) is 25.1 Å². The molecule has 0 spiro atoms. The van der Waals surface area contributed by atoms with Crippen molar-refractivity contribution in [2.45, 2.75) is 32.9 Å². The molecule has 0 saturated heterocycles. The fourth-order valence-corrected chi connectivity index (χ4v) is 2.20. The minimum absolute atomic E-state index is 0.0461. The van der Waals surface area contributed by atoms with Crippen molar-refractivity contribution >= 4 is 11.5 Å². The predicted octanol–water partition coefficient (Wildman–Crippen LogP) is 1.65. The van der Waals surface area contributed by atoms with Gasteiger partial charge in [-0.15, -0.1) is 0 Å². The Kier molecular flexibility index (Phi) is 4.98. The molecule has 0 saturated carbocycles. The molecule has 0 aliphatic rings. The summed E-state index contributed by atoms with van der Waals surface area (Å²) in [6.45, 7) is 6.03. The molecule has 0 aliphatic carbocycles. The molecule has 2 N–H and O–H groups in total. The van der Waals surface area contributed by atoms with E-state index in [1.807, 2.05) is 43.3 Å². The highest BCUT2D eigenvalue weighted by Gasteiger charge is 2.18. The summed E-state index contributed by atoms with van der Waals surface area (Å²) in [5.41, 5.74) is 2.07. The normalized spacial score (nSPS) is 12.8. The summed E-state index contributed by atoms with van der Waals surface area (Å²) >= 11 is 0. The topological polar surface area (TPSA) is 52.8 Å². The van der Waals surface area contributed by atoms with Crippen LogP contribution in [0.5, 0.6) is 0 Å². The smallest absolute Gasteiger partial charge is 0.152 e. The summed E-state index contributed by atoms with van der Waals surface area (Å²) in [5.74, 6) is 0.932. The van der Waals surface area contributed by atoms with Gasteiger partial charge in [-0.05, 0) is 32.0 Å². The van der Waals surface area contributed by atoms with Gasteiger partial charge in [0.2, 0.25) is 0 Å². The molecular formula is C15H24N4O. The van der Waals surface area contributed by atoms with Crippen molar-refractivity contribution in [2.24, 2.45) is 0 Å². The number of nitrogens with zero attached hydrogens (tertiary/aromatic N) is 3. The van der Waals surface area contributed by atoms with E-state index in [2.05, 4.69) is 16.6 Å². The van der Waals surface area contributed by atoms with Gasteiger partial charge in [0, 0.05) is 19.8 Å². The van der Waals surface area contributed by atoms with E-state index in [9.17, 15) is 5.11 Å². The van der Waals surface area contributed by atoms with Gasteiger partial charge >= 0.3 is 0 Å². The lowest BCUT2D eigenvalue weighted by molar-refractivity contribution is 0.269. The summed E-state index contributed by atoms with van der Waals surface area (Å²) in [6.07, 6.45) is 3.14. The second-order valence-electron chi connectivity index (χ2n) is 5.13. The minimum atomic E-state index is 0.0461. The van der Waals surface area contributed by atoms with Gasteiger partial charge in [0.15, 0.2) is 5.82 Å². The fraction of sp³-hybridized carbons (Fsp3) is 0.533. The molecular weight excluding hydrogens is 252 g/mol.